The molecule has 2 aromatic carbocycles. The van der Waals surface area contributed by atoms with E-state index >= 15 is 0 Å². The van der Waals surface area contributed by atoms with Crippen molar-refractivity contribution in [2.45, 2.75) is 40.2 Å². The molecule has 1 N–H and O–H groups in total. The van der Waals surface area contributed by atoms with Gasteiger partial charge < -0.3 is 9.84 Å². The number of rotatable bonds is 6. The van der Waals surface area contributed by atoms with Crippen molar-refractivity contribution >= 4 is 5.97 Å². The van der Waals surface area contributed by atoms with Crippen LogP contribution < -0.4 is 4.74 Å². The van der Waals surface area contributed by atoms with Crippen LogP contribution in [0.3, 0.4) is 0 Å². The average Bonchev–Trinajstić information content (AvgIpc) is 2.44. The summed E-state index contributed by atoms with van der Waals surface area (Å²) in [6.45, 7) is 6.61. The third kappa shape index (κ3) is 4.35. The lowest BCUT2D eigenvalue weighted by Crippen LogP contribution is -2.02. The summed E-state index contributed by atoms with van der Waals surface area (Å²) in [5.74, 6) is 0.121. The van der Waals surface area contributed by atoms with Crippen LogP contribution in [0, 0.1) is 20.8 Å². The summed E-state index contributed by atoms with van der Waals surface area (Å²) in [5, 5.41) is 8.78. The normalized spacial score (nSPS) is 10.5. The smallest absolute Gasteiger partial charge is 0.303 e. The van der Waals surface area contributed by atoms with E-state index in [1.54, 1.807) is 0 Å². The Labute approximate surface area is 131 Å². The second-order valence-electron chi connectivity index (χ2n) is 5.73. The van der Waals surface area contributed by atoms with Gasteiger partial charge in [-0.05, 0) is 49.4 Å². The monoisotopic (exact) mass is 298 g/mol. The SMILES string of the molecule is Cc1cccc(COc2c(C)cc(CCC(=O)O)cc2C)c1. The highest BCUT2D eigenvalue weighted by Gasteiger charge is 2.08. The van der Waals surface area contributed by atoms with Crippen LogP contribution in [-0.2, 0) is 17.8 Å². The van der Waals surface area contributed by atoms with Crippen molar-refractivity contribution in [1.82, 2.24) is 0 Å². The summed E-state index contributed by atoms with van der Waals surface area (Å²) in [6, 6.07) is 12.3. The van der Waals surface area contributed by atoms with Gasteiger partial charge in [0.1, 0.15) is 12.4 Å². The molecular formula is C19H22O3. The van der Waals surface area contributed by atoms with Gasteiger partial charge in [0.2, 0.25) is 0 Å². The zero-order valence-electron chi connectivity index (χ0n) is 13.3. The molecule has 0 aromatic heterocycles. The molecule has 0 heterocycles. The molecule has 22 heavy (non-hydrogen) atoms. The summed E-state index contributed by atoms with van der Waals surface area (Å²) >= 11 is 0. The standard InChI is InChI=1S/C19H22O3/c1-13-5-4-6-17(9-13)12-22-19-14(2)10-16(11-15(19)3)7-8-18(20)21/h4-6,9-11H,7-8,12H2,1-3H3,(H,20,21). The van der Waals surface area contributed by atoms with Crippen molar-refractivity contribution < 1.29 is 14.6 Å². The zero-order chi connectivity index (χ0) is 16.1. The largest absolute Gasteiger partial charge is 0.488 e. The van der Waals surface area contributed by atoms with Crippen LogP contribution in [0.5, 0.6) is 5.75 Å². The Hall–Kier alpha value is -2.29. The van der Waals surface area contributed by atoms with E-state index in [0.717, 1.165) is 28.0 Å². The molecule has 3 nitrogen and oxygen atoms in total. The van der Waals surface area contributed by atoms with Gasteiger partial charge in [-0.3, -0.25) is 4.79 Å². The fourth-order valence-corrected chi connectivity index (χ4v) is 2.62. The molecule has 2 aromatic rings. The number of aliphatic carboxylic acids is 1. The van der Waals surface area contributed by atoms with Gasteiger partial charge in [-0.15, -0.1) is 0 Å². The second kappa shape index (κ2) is 7.12. The average molecular weight is 298 g/mol. The van der Waals surface area contributed by atoms with Crippen LogP contribution in [0.15, 0.2) is 36.4 Å². The first kappa shape index (κ1) is 16.1. The molecule has 0 radical (unpaired) electrons. The van der Waals surface area contributed by atoms with E-state index in [9.17, 15) is 4.79 Å². The van der Waals surface area contributed by atoms with Gasteiger partial charge in [-0.1, -0.05) is 42.0 Å². The zero-order valence-corrected chi connectivity index (χ0v) is 13.3. The molecule has 0 aliphatic heterocycles. The molecule has 2 rings (SSSR count). The van der Waals surface area contributed by atoms with Crippen LogP contribution >= 0.6 is 0 Å². The molecular weight excluding hydrogens is 276 g/mol. The van der Waals surface area contributed by atoms with Crippen molar-refractivity contribution in [3.63, 3.8) is 0 Å². The molecule has 0 aliphatic carbocycles. The molecule has 0 fully saturated rings. The first-order chi connectivity index (χ1) is 10.5. The molecule has 3 heteroatoms. The topological polar surface area (TPSA) is 46.5 Å². The van der Waals surface area contributed by atoms with Gasteiger partial charge in [-0.2, -0.15) is 0 Å². The Morgan fingerprint density at radius 3 is 2.32 bits per heavy atom. The number of carboxylic acid groups (broad SMARTS) is 1. The maximum absolute atomic E-state index is 10.7. The fraction of sp³-hybridized carbons (Fsp3) is 0.316. The maximum atomic E-state index is 10.7. The highest BCUT2D eigenvalue weighted by Crippen LogP contribution is 2.26. The third-order valence-electron chi connectivity index (χ3n) is 3.61. The number of carboxylic acids is 1. The van der Waals surface area contributed by atoms with Crippen LogP contribution in [0.4, 0.5) is 0 Å². The van der Waals surface area contributed by atoms with Crippen molar-refractivity contribution in [2.75, 3.05) is 0 Å². The van der Waals surface area contributed by atoms with Gasteiger partial charge in [0.25, 0.3) is 0 Å². The summed E-state index contributed by atoms with van der Waals surface area (Å²) in [5.41, 5.74) is 5.51. The highest BCUT2D eigenvalue weighted by molar-refractivity contribution is 5.67. The fourth-order valence-electron chi connectivity index (χ4n) is 2.62. The Kier molecular flexibility index (Phi) is 5.21. The van der Waals surface area contributed by atoms with E-state index < -0.39 is 5.97 Å². The van der Waals surface area contributed by atoms with Crippen molar-refractivity contribution in [3.05, 3.63) is 64.2 Å². The van der Waals surface area contributed by atoms with Gasteiger partial charge in [0, 0.05) is 6.42 Å². The third-order valence-corrected chi connectivity index (χ3v) is 3.61. The number of benzene rings is 2. The lowest BCUT2D eigenvalue weighted by atomic mass is 10.0. The summed E-state index contributed by atoms with van der Waals surface area (Å²) in [6.07, 6.45) is 0.706. The van der Waals surface area contributed by atoms with Gasteiger partial charge in [0.15, 0.2) is 0 Å². The lowest BCUT2D eigenvalue weighted by Gasteiger charge is -2.14. The number of carbonyl (C=O) groups is 1. The van der Waals surface area contributed by atoms with Gasteiger partial charge in [0.05, 0.1) is 0 Å². The molecule has 0 amide bonds. The van der Waals surface area contributed by atoms with Crippen LogP contribution in [0.25, 0.3) is 0 Å². The Morgan fingerprint density at radius 2 is 1.73 bits per heavy atom. The van der Waals surface area contributed by atoms with Crippen molar-refractivity contribution in [3.8, 4) is 5.75 Å². The summed E-state index contributed by atoms with van der Waals surface area (Å²) < 4.78 is 5.97. The summed E-state index contributed by atoms with van der Waals surface area (Å²) in [7, 11) is 0. The molecule has 0 saturated heterocycles. The predicted octanol–water partition coefficient (Wildman–Crippen LogP) is 4.21. The Bertz CT molecular complexity index is 651. The van der Waals surface area contributed by atoms with E-state index in [4.69, 9.17) is 9.84 Å². The number of hydrogen-bond acceptors (Lipinski definition) is 2. The van der Waals surface area contributed by atoms with Crippen LogP contribution in [0.2, 0.25) is 0 Å². The predicted molar refractivity (Wildman–Crippen MR) is 87.4 cm³/mol. The van der Waals surface area contributed by atoms with Crippen molar-refractivity contribution in [1.29, 1.82) is 0 Å². The summed E-state index contributed by atoms with van der Waals surface area (Å²) in [4.78, 5) is 10.7. The Balaban J connectivity index is 2.09. The van der Waals surface area contributed by atoms with E-state index in [2.05, 4.69) is 25.1 Å². The molecule has 0 unspecified atom stereocenters. The van der Waals surface area contributed by atoms with E-state index in [-0.39, 0.29) is 6.42 Å². The minimum atomic E-state index is -0.768. The number of ether oxygens (including phenoxy) is 1. The molecule has 0 saturated carbocycles. The van der Waals surface area contributed by atoms with E-state index in [0.29, 0.717) is 13.0 Å². The first-order valence-corrected chi connectivity index (χ1v) is 7.46. The molecule has 0 bridgehead atoms. The van der Waals surface area contributed by atoms with Gasteiger partial charge in [-0.25, -0.2) is 0 Å². The van der Waals surface area contributed by atoms with E-state index in [1.807, 2.05) is 32.0 Å². The maximum Gasteiger partial charge on any atom is 0.303 e. The number of aryl methyl sites for hydroxylation is 4. The lowest BCUT2D eigenvalue weighted by molar-refractivity contribution is -0.136. The highest BCUT2D eigenvalue weighted by atomic mass is 16.5. The molecule has 0 spiro atoms. The minimum Gasteiger partial charge on any atom is -0.488 e. The van der Waals surface area contributed by atoms with Gasteiger partial charge >= 0.3 is 5.97 Å². The molecule has 116 valence electrons. The second-order valence-corrected chi connectivity index (χ2v) is 5.73. The Morgan fingerprint density at radius 1 is 1.05 bits per heavy atom. The number of hydrogen-bond donors (Lipinski definition) is 1. The van der Waals surface area contributed by atoms with Crippen LogP contribution in [0.1, 0.15) is 34.2 Å². The molecule has 0 aliphatic rings. The quantitative estimate of drug-likeness (QED) is 0.869. The van der Waals surface area contributed by atoms with E-state index in [1.165, 1.54) is 5.56 Å². The van der Waals surface area contributed by atoms with Crippen LogP contribution in [-0.4, -0.2) is 11.1 Å². The molecule has 0 atom stereocenters. The first-order valence-electron chi connectivity index (χ1n) is 7.46. The minimum absolute atomic E-state index is 0.155. The van der Waals surface area contributed by atoms with Crippen molar-refractivity contribution in [2.24, 2.45) is 0 Å².